The van der Waals surface area contributed by atoms with E-state index >= 15 is 0 Å². The van der Waals surface area contributed by atoms with Gasteiger partial charge in [0, 0.05) is 25.2 Å². The molecule has 0 saturated carbocycles. The molecule has 1 saturated heterocycles. The number of nitrogens with one attached hydrogen (secondary N) is 1. The molecule has 4 nitrogen and oxygen atoms in total. The van der Waals surface area contributed by atoms with E-state index < -0.39 is 0 Å². The zero-order chi connectivity index (χ0) is 19.2. The van der Waals surface area contributed by atoms with E-state index in [1.807, 2.05) is 36.1 Å². The highest BCUT2D eigenvalue weighted by atomic mass is 16.2. The second-order valence-corrected chi connectivity index (χ2v) is 7.49. The van der Waals surface area contributed by atoms with Gasteiger partial charge in [0.2, 0.25) is 5.91 Å². The molecule has 0 bridgehead atoms. The van der Waals surface area contributed by atoms with Crippen molar-refractivity contribution < 1.29 is 9.59 Å². The molecular formula is C23H28N2O2. The summed E-state index contributed by atoms with van der Waals surface area (Å²) in [4.78, 5) is 27.1. The van der Waals surface area contributed by atoms with Crippen LogP contribution < -0.4 is 5.32 Å². The highest BCUT2D eigenvalue weighted by Crippen LogP contribution is 2.19. The first-order chi connectivity index (χ1) is 13.0. The summed E-state index contributed by atoms with van der Waals surface area (Å²) in [6.45, 7) is 5.91. The minimum absolute atomic E-state index is 0.0239. The van der Waals surface area contributed by atoms with E-state index in [-0.39, 0.29) is 17.7 Å². The lowest BCUT2D eigenvalue weighted by Gasteiger charge is -2.32. The molecule has 2 aromatic carbocycles. The van der Waals surface area contributed by atoms with Gasteiger partial charge >= 0.3 is 0 Å². The SMILES string of the molecule is Cc1ccc(CCNC(=O)[C@H]2CCCN(C(=O)c3cccc(C)c3)C2)cc1. The number of hydrogen-bond donors (Lipinski definition) is 1. The van der Waals surface area contributed by atoms with Crippen LogP contribution in [0.4, 0.5) is 0 Å². The van der Waals surface area contributed by atoms with E-state index in [0.29, 0.717) is 18.7 Å². The van der Waals surface area contributed by atoms with E-state index in [2.05, 4.69) is 36.5 Å². The Morgan fingerprint density at radius 2 is 1.85 bits per heavy atom. The number of carbonyl (C=O) groups is 2. The van der Waals surface area contributed by atoms with Gasteiger partial charge in [-0.25, -0.2) is 0 Å². The summed E-state index contributed by atoms with van der Waals surface area (Å²) in [7, 11) is 0. The molecule has 142 valence electrons. The third-order valence-corrected chi connectivity index (χ3v) is 5.18. The van der Waals surface area contributed by atoms with Gasteiger partial charge in [0.25, 0.3) is 5.91 Å². The van der Waals surface area contributed by atoms with Gasteiger partial charge in [0.1, 0.15) is 0 Å². The highest BCUT2D eigenvalue weighted by molar-refractivity contribution is 5.95. The van der Waals surface area contributed by atoms with Crippen LogP contribution in [-0.4, -0.2) is 36.3 Å². The maximum absolute atomic E-state index is 12.7. The molecule has 3 rings (SSSR count). The molecule has 0 aliphatic carbocycles. The predicted octanol–water partition coefficient (Wildman–Crippen LogP) is 3.51. The van der Waals surface area contributed by atoms with Crippen LogP contribution in [0, 0.1) is 19.8 Å². The Hall–Kier alpha value is -2.62. The molecule has 0 aromatic heterocycles. The number of likely N-dealkylation sites (tertiary alicyclic amines) is 1. The molecule has 0 spiro atoms. The Labute approximate surface area is 161 Å². The third kappa shape index (κ3) is 5.19. The maximum Gasteiger partial charge on any atom is 0.253 e. The molecule has 1 N–H and O–H groups in total. The van der Waals surface area contributed by atoms with Crippen LogP contribution in [0.25, 0.3) is 0 Å². The molecule has 2 amide bonds. The van der Waals surface area contributed by atoms with Crippen molar-refractivity contribution in [1.29, 1.82) is 0 Å². The number of amides is 2. The van der Waals surface area contributed by atoms with Crippen molar-refractivity contribution in [3.63, 3.8) is 0 Å². The number of piperidine rings is 1. The first kappa shape index (κ1) is 19.2. The van der Waals surface area contributed by atoms with Crippen molar-refractivity contribution in [1.82, 2.24) is 10.2 Å². The fraction of sp³-hybridized carbons (Fsp3) is 0.391. The molecule has 0 radical (unpaired) electrons. The Balaban J connectivity index is 1.51. The van der Waals surface area contributed by atoms with Gasteiger partial charge in [-0.15, -0.1) is 0 Å². The van der Waals surface area contributed by atoms with Crippen LogP contribution in [-0.2, 0) is 11.2 Å². The zero-order valence-electron chi connectivity index (χ0n) is 16.2. The fourth-order valence-corrected chi connectivity index (χ4v) is 3.57. The van der Waals surface area contributed by atoms with Crippen LogP contribution in [0.3, 0.4) is 0 Å². The monoisotopic (exact) mass is 364 g/mol. The number of benzene rings is 2. The summed E-state index contributed by atoms with van der Waals surface area (Å²) in [5.41, 5.74) is 4.24. The van der Waals surface area contributed by atoms with Gasteiger partial charge in [-0.05, 0) is 50.8 Å². The average Bonchev–Trinajstić information content (AvgIpc) is 2.69. The van der Waals surface area contributed by atoms with Crippen molar-refractivity contribution >= 4 is 11.8 Å². The van der Waals surface area contributed by atoms with E-state index in [9.17, 15) is 9.59 Å². The second kappa shape index (κ2) is 8.85. The van der Waals surface area contributed by atoms with Gasteiger partial charge in [0.05, 0.1) is 5.92 Å². The maximum atomic E-state index is 12.7. The lowest BCUT2D eigenvalue weighted by atomic mass is 9.96. The van der Waals surface area contributed by atoms with Crippen molar-refractivity contribution in [2.75, 3.05) is 19.6 Å². The number of aryl methyl sites for hydroxylation is 2. The van der Waals surface area contributed by atoms with E-state index in [1.54, 1.807) is 0 Å². The largest absolute Gasteiger partial charge is 0.355 e. The van der Waals surface area contributed by atoms with Crippen LogP contribution >= 0.6 is 0 Å². The molecular weight excluding hydrogens is 336 g/mol. The normalized spacial score (nSPS) is 16.8. The van der Waals surface area contributed by atoms with Crippen LogP contribution in [0.5, 0.6) is 0 Å². The standard InChI is InChI=1S/C23H28N2O2/c1-17-8-10-19(11-9-17)12-13-24-22(26)21-7-4-14-25(16-21)23(27)20-6-3-5-18(2)15-20/h3,5-6,8-11,15,21H,4,7,12-14,16H2,1-2H3,(H,24,26)/t21-/m0/s1. The second-order valence-electron chi connectivity index (χ2n) is 7.49. The van der Waals surface area contributed by atoms with E-state index in [0.717, 1.165) is 31.4 Å². The van der Waals surface area contributed by atoms with Crippen LogP contribution in [0.15, 0.2) is 48.5 Å². The van der Waals surface area contributed by atoms with Crippen molar-refractivity contribution in [3.05, 3.63) is 70.8 Å². The Kier molecular flexibility index (Phi) is 6.28. The summed E-state index contributed by atoms with van der Waals surface area (Å²) in [6.07, 6.45) is 2.53. The zero-order valence-corrected chi connectivity index (χ0v) is 16.2. The molecule has 1 aliphatic heterocycles. The first-order valence-electron chi connectivity index (χ1n) is 9.72. The van der Waals surface area contributed by atoms with Gasteiger partial charge in [-0.3, -0.25) is 9.59 Å². The van der Waals surface area contributed by atoms with Crippen molar-refractivity contribution in [2.24, 2.45) is 5.92 Å². The lowest BCUT2D eigenvalue weighted by molar-refractivity contribution is -0.126. The van der Waals surface area contributed by atoms with Crippen molar-refractivity contribution in [3.8, 4) is 0 Å². The van der Waals surface area contributed by atoms with E-state index in [1.165, 1.54) is 11.1 Å². The molecule has 1 aliphatic rings. The van der Waals surface area contributed by atoms with Gasteiger partial charge in [0.15, 0.2) is 0 Å². The van der Waals surface area contributed by atoms with Crippen LogP contribution in [0.1, 0.15) is 39.9 Å². The molecule has 1 heterocycles. The quantitative estimate of drug-likeness (QED) is 0.883. The molecule has 0 unspecified atom stereocenters. The summed E-state index contributed by atoms with van der Waals surface area (Å²) in [5.74, 6) is -0.0368. The topological polar surface area (TPSA) is 49.4 Å². The molecule has 27 heavy (non-hydrogen) atoms. The number of nitrogens with zero attached hydrogens (tertiary/aromatic N) is 1. The summed E-state index contributed by atoms with van der Waals surface area (Å²) in [6, 6.07) is 16.0. The number of hydrogen-bond acceptors (Lipinski definition) is 2. The van der Waals surface area contributed by atoms with Crippen molar-refractivity contribution in [2.45, 2.75) is 33.1 Å². The minimum atomic E-state index is -0.120. The fourth-order valence-electron chi connectivity index (χ4n) is 3.57. The molecule has 4 heteroatoms. The average molecular weight is 364 g/mol. The highest BCUT2D eigenvalue weighted by Gasteiger charge is 2.28. The Bertz CT molecular complexity index is 798. The van der Waals surface area contributed by atoms with Crippen LogP contribution in [0.2, 0.25) is 0 Å². The smallest absolute Gasteiger partial charge is 0.253 e. The number of rotatable bonds is 5. The number of carbonyl (C=O) groups excluding carboxylic acids is 2. The summed E-state index contributed by atoms with van der Waals surface area (Å²) < 4.78 is 0. The minimum Gasteiger partial charge on any atom is -0.355 e. The molecule has 2 aromatic rings. The summed E-state index contributed by atoms with van der Waals surface area (Å²) in [5, 5.41) is 3.05. The molecule has 1 atom stereocenters. The van der Waals surface area contributed by atoms with Gasteiger partial charge in [-0.2, -0.15) is 0 Å². The van der Waals surface area contributed by atoms with Gasteiger partial charge in [-0.1, -0.05) is 47.5 Å². The lowest BCUT2D eigenvalue weighted by Crippen LogP contribution is -2.45. The first-order valence-corrected chi connectivity index (χ1v) is 9.72. The summed E-state index contributed by atoms with van der Waals surface area (Å²) >= 11 is 0. The molecule has 1 fully saturated rings. The predicted molar refractivity (Wildman–Crippen MR) is 108 cm³/mol. The third-order valence-electron chi connectivity index (χ3n) is 5.18. The Morgan fingerprint density at radius 3 is 2.59 bits per heavy atom. The Morgan fingerprint density at radius 1 is 1.07 bits per heavy atom. The van der Waals surface area contributed by atoms with Gasteiger partial charge < -0.3 is 10.2 Å². The van der Waals surface area contributed by atoms with E-state index in [4.69, 9.17) is 0 Å².